The van der Waals surface area contributed by atoms with E-state index in [-0.39, 0.29) is 21.7 Å². The van der Waals surface area contributed by atoms with Crippen LogP contribution in [0.4, 0.5) is 6.01 Å². The van der Waals surface area contributed by atoms with Crippen LogP contribution >= 0.6 is 22.9 Å². The van der Waals surface area contributed by atoms with Crippen molar-refractivity contribution in [2.45, 2.75) is 25.2 Å². The summed E-state index contributed by atoms with van der Waals surface area (Å²) in [5.74, 6) is 0.283. The lowest BCUT2D eigenvalue weighted by molar-refractivity contribution is 0.102. The first-order valence-electron chi connectivity index (χ1n) is 9.72. The summed E-state index contributed by atoms with van der Waals surface area (Å²) in [5, 5.41) is 12.2. The number of amides is 1. The van der Waals surface area contributed by atoms with Crippen molar-refractivity contribution < 1.29 is 17.6 Å². The van der Waals surface area contributed by atoms with E-state index in [0.29, 0.717) is 35.5 Å². The number of halogens is 1. The van der Waals surface area contributed by atoms with Crippen LogP contribution in [-0.2, 0) is 10.0 Å². The fraction of sp³-hybridized carbons (Fsp3) is 0.350. The van der Waals surface area contributed by atoms with E-state index in [4.69, 9.17) is 16.0 Å². The number of anilines is 1. The number of carbonyl (C=O) groups is 1. The molecule has 2 aromatic heterocycles. The van der Waals surface area contributed by atoms with Gasteiger partial charge < -0.3 is 4.42 Å². The Hall–Kier alpha value is -2.27. The molecule has 1 aliphatic heterocycles. The molecule has 1 N–H and O–H groups in total. The summed E-state index contributed by atoms with van der Waals surface area (Å²) in [7, 11) is -3.65. The lowest BCUT2D eigenvalue weighted by atomic mass is 9.94. The van der Waals surface area contributed by atoms with Crippen molar-refractivity contribution in [3.63, 3.8) is 0 Å². The van der Waals surface area contributed by atoms with Crippen molar-refractivity contribution in [3.05, 3.63) is 45.6 Å². The zero-order valence-corrected chi connectivity index (χ0v) is 19.3. The third kappa shape index (κ3) is 4.82. The standard InChI is InChI=1S/C20H21ClN4O4S2/c1-12-6-13(2)10-25(9-12)31(27,28)16-8-17(30-11-16)18(26)22-20-24-23-19(29-20)14-4-3-5-15(21)7-14/h3-5,7-8,11-13H,6,9-10H2,1-2H3,(H,22,24,26)/t12-,13+. The van der Waals surface area contributed by atoms with Crippen molar-refractivity contribution >= 4 is 44.9 Å². The largest absolute Gasteiger partial charge is 0.403 e. The molecular formula is C20H21ClN4O4S2. The van der Waals surface area contributed by atoms with Crippen LogP contribution in [0.25, 0.3) is 11.5 Å². The maximum atomic E-state index is 13.0. The van der Waals surface area contributed by atoms with Gasteiger partial charge in [-0.3, -0.25) is 10.1 Å². The van der Waals surface area contributed by atoms with Gasteiger partial charge in [0.25, 0.3) is 5.91 Å². The average molecular weight is 481 g/mol. The van der Waals surface area contributed by atoms with Gasteiger partial charge in [-0.1, -0.05) is 36.6 Å². The van der Waals surface area contributed by atoms with E-state index >= 15 is 0 Å². The third-order valence-electron chi connectivity index (χ3n) is 4.99. The van der Waals surface area contributed by atoms with Crippen molar-refractivity contribution in [3.8, 4) is 11.5 Å². The van der Waals surface area contributed by atoms with Crippen LogP contribution in [0.2, 0.25) is 5.02 Å². The summed E-state index contributed by atoms with van der Waals surface area (Å²) >= 11 is 7.02. The number of thiophene rings is 1. The van der Waals surface area contributed by atoms with Crippen molar-refractivity contribution in [1.82, 2.24) is 14.5 Å². The molecular weight excluding hydrogens is 460 g/mol. The SMILES string of the molecule is C[C@@H]1C[C@H](C)CN(S(=O)(=O)c2csc(C(=O)Nc3nnc(-c4cccc(Cl)c4)o3)c2)C1. The van der Waals surface area contributed by atoms with Crippen molar-refractivity contribution in [2.24, 2.45) is 11.8 Å². The van der Waals surface area contributed by atoms with Crippen molar-refractivity contribution in [2.75, 3.05) is 18.4 Å². The molecule has 8 nitrogen and oxygen atoms in total. The first-order valence-corrected chi connectivity index (χ1v) is 12.4. The smallest absolute Gasteiger partial charge is 0.322 e. The predicted molar refractivity (Wildman–Crippen MR) is 119 cm³/mol. The van der Waals surface area contributed by atoms with E-state index in [9.17, 15) is 13.2 Å². The van der Waals surface area contributed by atoms with Gasteiger partial charge in [0.1, 0.15) is 0 Å². The second kappa shape index (κ2) is 8.70. The van der Waals surface area contributed by atoms with Crippen LogP contribution in [-0.4, -0.2) is 41.9 Å². The number of piperidine rings is 1. The minimum Gasteiger partial charge on any atom is -0.403 e. The van der Waals surface area contributed by atoms with E-state index in [1.54, 1.807) is 24.3 Å². The highest BCUT2D eigenvalue weighted by Crippen LogP contribution is 2.29. The summed E-state index contributed by atoms with van der Waals surface area (Å²) in [6.45, 7) is 5.07. The van der Waals surface area contributed by atoms with Gasteiger partial charge in [0.15, 0.2) is 0 Å². The van der Waals surface area contributed by atoms with E-state index < -0.39 is 15.9 Å². The minimum atomic E-state index is -3.65. The summed E-state index contributed by atoms with van der Waals surface area (Å²) in [6.07, 6.45) is 1.00. The van der Waals surface area contributed by atoms with Gasteiger partial charge >= 0.3 is 6.01 Å². The van der Waals surface area contributed by atoms with E-state index in [0.717, 1.165) is 17.8 Å². The maximum absolute atomic E-state index is 13.0. The Balaban J connectivity index is 1.47. The Kier molecular flexibility index (Phi) is 6.16. The van der Waals surface area contributed by atoms with E-state index in [2.05, 4.69) is 15.5 Å². The van der Waals surface area contributed by atoms with Gasteiger partial charge in [0, 0.05) is 29.1 Å². The highest BCUT2D eigenvalue weighted by Gasteiger charge is 2.32. The van der Waals surface area contributed by atoms with Crippen molar-refractivity contribution in [1.29, 1.82) is 0 Å². The molecule has 3 aromatic rings. The Labute approximate surface area is 189 Å². The molecule has 1 aromatic carbocycles. The number of hydrogen-bond donors (Lipinski definition) is 1. The van der Waals surface area contributed by atoms with E-state index in [1.165, 1.54) is 15.8 Å². The Morgan fingerprint density at radius 1 is 1.23 bits per heavy atom. The Morgan fingerprint density at radius 3 is 2.68 bits per heavy atom. The van der Waals surface area contributed by atoms with Gasteiger partial charge in [-0.05, 0) is 42.5 Å². The molecule has 1 aliphatic rings. The van der Waals surface area contributed by atoms with Crippen LogP contribution in [0.1, 0.15) is 29.9 Å². The van der Waals surface area contributed by atoms with Gasteiger partial charge in [0.2, 0.25) is 15.9 Å². The molecule has 0 spiro atoms. The number of aromatic nitrogens is 2. The predicted octanol–water partition coefficient (Wildman–Crippen LogP) is 4.37. The molecule has 1 saturated heterocycles. The quantitative estimate of drug-likeness (QED) is 0.581. The zero-order chi connectivity index (χ0) is 22.2. The second-order valence-corrected chi connectivity index (χ2v) is 11.1. The number of carbonyl (C=O) groups excluding carboxylic acids is 1. The summed E-state index contributed by atoms with van der Waals surface area (Å²) in [6, 6.07) is 8.18. The number of nitrogens with zero attached hydrogens (tertiary/aromatic N) is 3. The molecule has 3 heterocycles. The van der Waals surface area contributed by atoms with Crippen LogP contribution in [0, 0.1) is 11.8 Å². The van der Waals surface area contributed by atoms with Crippen LogP contribution < -0.4 is 5.32 Å². The number of sulfonamides is 1. The monoisotopic (exact) mass is 480 g/mol. The molecule has 0 radical (unpaired) electrons. The normalized spacial score (nSPS) is 20.0. The molecule has 164 valence electrons. The molecule has 0 bridgehead atoms. The second-order valence-electron chi connectivity index (χ2n) is 7.79. The van der Waals surface area contributed by atoms with E-state index in [1.807, 2.05) is 13.8 Å². The van der Waals surface area contributed by atoms with Crippen LogP contribution in [0.5, 0.6) is 0 Å². The summed E-state index contributed by atoms with van der Waals surface area (Å²) < 4.78 is 33.0. The van der Waals surface area contributed by atoms with Crippen LogP contribution in [0.3, 0.4) is 0 Å². The van der Waals surface area contributed by atoms with Gasteiger partial charge in [0.05, 0.1) is 9.77 Å². The fourth-order valence-electron chi connectivity index (χ4n) is 3.69. The Bertz CT molecular complexity index is 1200. The molecule has 1 fully saturated rings. The molecule has 31 heavy (non-hydrogen) atoms. The fourth-order valence-corrected chi connectivity index (χ4v) is 6.72. The maximum Gasteiger partial charge on any atom is 0.322 e. The lowest BCUT2D eigenvalue weighted by Gasteiger charge is -2.33. The molecule has 2 atom stereocenters. The molecule has 1 amide bonds. The molecule has 11 heteroatoms. The summed E-state index contributed by atoms with van der Waals surface area (Å²) in [5.41, 5.74) is 0.620. The third-order valence-corrected chi connectivity index (χ3v) is 8.11. The molecule has 0 saturated carbocycles. The molecule has 4 rings (SSSR count). The lowest BCUT2D eigenvalue weighted by Crippen LogP contribution is -2.42. The topological polar surface area (TPSA) is 105 Å². The van der Waals surface area contributed by atoms with Gasteiger partial charge in [-0.25, -0.2) is 8.42 Å². The number of benzene rings is 1. The first-order chi connectivity index (χ1) is 14.7. The molecule has 0 aliphatic carbocycles. The van der Waals surface area contributed by atoms with Crippen LogP contribution in [0.15, 0.2) is 45.0 Å². The minimum absolute atomic E-state index is 0.0866. The van der Waals surface area contributed by atoms with Gasteiger partial charge in [-0.15, -0.1) is 16.4 Å². The summed E-state index contributed by atoms with van der Waals surface area (Å²) in [4.78, 5) is 12.9. The first kappa shape index (κ1) is 21.9. The molecule has 0 unspecified atom stereocenters. The highest BCUT2D eigenvalue weighted by molar-refractivity contribution is 7.89. The highest BCUT2D eigenvalue weighted by atomic mass is 35.5. The number of nitrogens with one attached hydrogen (secondary N) is 1. The average Bonchev–Trinajstić information content (AvgIpc) is 3.37. The van der Waals surface area contributed by atoms with Gasteiger partial charge in [-0.2, -0.15) is 4.31 Å². The Morgan fingerprint density at radius 2 is 1.97 bits per heavy atom. The number of hydrogen-bond acceptors (Lipinski definition) is 7. The number of rotatable bonds is 5. The zero-order valence-electron chi connectivity index (χ0n) is 16.9.